The first kappa shape index (κ1) is 9.38. The summed E-state index contributed by atoms with van der Waals surface area (Å²) in [4.78, 5) is 10.9. The number of hydrogen-bond acceptors (Lipinski definition) is 3. The minimum Gasteiger partial charge on any atom is -0.491 e. The van der Waals surface area contributed by atoms with Crippen LogP contribution in [0.15, 0.2) is 18.2 Å². The Labute approximate surface area is 76.5 Å². The first-order chi connectivity index (χ1) is 6.16. The molecule has 1 aromatic rings. The summed E-state index contributed by atoms with van der Waals surface area (Å²) >= 11 is 0. The van der Waals surface area contributed by atoms with Crippen molar-refractivity contribution in [3.05, 3.63) is 23.8 Å². The number of benzene rings is 1. The van der Waals surface area contributed by atoms with Crippen molar-refractivity contribution in [2.24, 2.45) is 5.73 Å². The number of carbonyl (C=O) groups is 1. The maximum Gasteiger partial charge on any atom is 0.252 e. The Kier molecular flexibility index (Phi) is 2.74. The smallest absolute Gasteiger partial charge is 0.252 e. The van der Waals surface area contributed by atoms with Crippen LogP contribution in [0.25, 0.3) is 0 Å². The third-order valence-electron chi connectivity index (χ3n) is 1.60. The van der Waals surface area contributed by atoms with E-state index in [2.05, 4.69) is 0 Å². The SMILES string of the molecule is CCOc1c(N)cccc1C(N)=O. The quantitative estimate of drug-likeness (QED) is 0.674. The molecule has 0 spiro atoms. The normalized spacial score (nSPS) is 9.62. The van der Waals surface area contributed by atoms with E-state index in [-0.39, 0.29) is 0 Å². The van der Waals surface area contributed by atoms with Crippen molar-refractivity contribution in [2.45, 2.75) is 6.92 Å². The van der Waals surface area contributed by atoms with Gasteiger partial charge in [0, 0.05) is 0 Å². The van der Waals surface area contributed by atoms with Crippen LogP contribution in [0.5, 0.6) is 5.75 Å². The second-order valence-corrected chi connectivity index (χ2v) is 2.52. The van der Waals surface area contributed by atoms with Gasteiger partial charge < -0.3 is 16.2 Å². The highest BCUT2D eigenvalue weighted by Gasteiger charge is 2.10. The van der Waals surface area contributed by atoms with Crippen molar-refractivity contribution in [2.75, 3.05) is 12.3 Å². The molecule has 0 saturated carbocycles. The van der Waals surface area contributed by atoms with Crippen LogP contribution in [0.3, 0.4) is 0 Å². The van der Waals surface area contributed by atoms with E-state index in [9.17, 15) is 4.79 Å². The van der Waals surface area contributed by atoms with Crippen molar-refractivity contribution < 1.29 is 9.53 Å². The number of hydrogen-bond donors (Lipinski definition) is 2. The maximum absolute atomic E-state index is 10.9. The van der Waals surface area contributed by atoms with E-state index in [0.717, 1.165) is 0 Å². The Morgan fingerprint density at radius 1 is 1.54 bits per heavy atom. The Morgan fingerprint density at radius 3 is 2.77 bits per heavy atom. The largest absolute Gasteiger partial charge is 0.491 e. The number of carbonyl (C=O) groups excluding carboxylic acids is 1. The van der Waals surface area contributed by atoms with Crippen molar-refractivity contribution in [1.29, 1.82) is 0 Å². The van der Waals surface area contributed by atoms with Crippen molar-refractivity contribution in [3.8, 4) is 5.75 Å². The summed E-state index contributed by atoms with van der Waals surface area (Å²) in [7, 11) is 0. The van der Waals surface area contributed by atoms with Gasteiger partial charge in [-0.05, 0) is 19.1 Å². The number of nitrogens with two attached hydrogens (primary N) is 2. The number of nitrogen functional groups attached to an aromatic ring is 1. The van der Waals surface area contributed by atoms with E-state index >= 15 is 0 Å². The van der Waals surface area contributed by atoms with E-state index in [1.165, 1.54) is 0 Å². The predicted octanol–water partition coefficient (Wildman–Crippen LogP) is 0.766. The average Bonchev–Trinajstić information content (AvgIpc) is 2.08. The van der Waals surface area contributed by atoms with Gasteiger partial charge in [-0.15, -0.1) is 0 Å². The molecule has 4 heteroatoms. The summed E-state index contributed by atoms with van der Waals surface area (Å²) in [6.45, 7) is 2.27. The summed E-state index contributed by atoms with van der Waals surface area (Å²) in [5.74, 6) is -0.159. The Morgan fingerprint density at radius 2 is 2.23 bits per heavy atom. The molecule has 0 bridgehead atoms. The lowest BCUT2D eigenvalue weighted by molar-refractivity contribution is 0.0997. The monoisotopic (exact) mass is 180 g/mol. The number of anilines is 1. The molecule has 0 saturated heterocycles. The molecule has 0 aliphatic heterocycles. The van der Waals surface area contributed by atoms with Gasteiger partial charge in [0.15, 0.2) is 5.75 Å². The fraction of sp³-hybridized carbons (Fsp3) is 0.222. The number of ether oxygens (including phenoxy) is 1. The Balaban J connectivity index is 3.17. The lowest BCUT2D eigenvalue weighted by Gasteiger charge is -2.09. The molecule has 0 atom stereocenters. The van der Waals surface area contributed by atoms with Gasteiger partial charge in [-0.25, -0.2) is 0 Å². The molecule has 0 heterocycles. The van der Waals surface area contributed by atoms with E-state index < -0.39 is 5.91 Å². The number of amides is 1. The van der Waals surface area contributed by atoms with Gasteiger partial charge in [0.25, 0.3) is 5.91 Å². The van der Waals surface area contributed by atoms with Crippen LogP contribution in [0.1, 0.15) is 17.3 Å². The second kappa shape index (κ2) is 3.80. The first-order valence-electron chi connectivity index (χ1n) is 3.98. The van der Waals surface area contributed by atoms with Crippen LogP contribution < -0.4 is 16.2 Å². The Bertz CT molecular complexity index is 323. The molecule has 1 aromatic carbocycles. The van der Waals surface area contributed by atoms with Crippen molar-refractivity contribution >= 4 is 11.6 Å². The van der Waals surface area contributed by atoms with Crippen LogP contribution in [-0.4, -0.2) is 12.5 Å². The Hall–Kier alpha value is -1.71. The minimum absolute atomic E-state index is 0.321. The molecule has 0 aliphatic carbocycles. The average molecular weight is 180 g/mol. The standard InChI is InChI=1S/C9H12N2O2/c1-2-13-8-6(9(11)12)4-3-5-7(8)10/h3-5H,2,10H2,1H3,(H2,11,12). The molecule has 0 aromatic heterocycles. The predicted molar refractivity (Wildman–Crippen MR) is 50.5 cm³/mol. The topological polar surface area (TPSA) is 78.3 Å². The zero-order valence-corrected chi connectivity index (χ0v) is 7.41. The zero-order chi connectivity index (χ0) is 9.84. The van der Waals surface area contributed by atoms with Crippen molar-refractivity contribution in [3.63, 3.8) is 0 Å². The highest BCUT2D eigenvalue weighted by molar-refractivity contribution is 5.97. The minimum atomic E-state index is -0.532. The third kappa shape index (κ3) is 1.90. The number of primary amides is 1. The van der Waals surface area contributed by atoms with Crippen LogP contribution in [-0.2, 0) is 0 Å². The van der Waals surface area contributed by atoms with E-state index in [1.54, 1.807) is 18.2 Å². The highest BCUT2D eigenvalue weighted by Crippen LogP contribution is 2.25. The molecular weight excluding hydrogens is 168 g/mol. The van der Waals surface area contributed by atoms with E-state index in [1.807, 2.05) is 6.92 Å². The molecule has 4 N–H and O–H groups in total. The summed E-state index contributed by atoms with van der Waals surface area (Å²) in [6, 6.07) is 4.92. The molecule has 0 unspecified atom stereocenters. The molecule has 0 radical (unpaired) electrons. The summed E-state index contributed by atoms with van der Waals surface area (Å²) in [6.07, 6.45) is 0. The van der Waals surface area contributed by atoms with Gasteiger partial charge in [0.05, 0.1) is 17.9 Å². The molecule has 4 nitrogen and oxygen atoms in total. The first-order valence-corrected chi connectivity index (χ1v) is 3.98. The van der Waals surface area contributed by atoms with Gasteiger partial charge in [0.1, 0.15) is 0 Å². The fourth-order valence-corrected chi connectivity index (χ4v) is 1.05. The fourth-order valence-electron chi connectivity index (χ4n) is 1.05. The lowest BCUT2D eigenvalue weighted by Crippen LogP contribution is -2.14. The number of para-hydroxylation sites is 1. The van der Waals surface area contributed by atoms with Gasteiger partial charge in [-0.3, -0.25) is 4.79 Å². The molecule has 1 amide bonds. The summed E-state index contributed by atoms with van der Waals surface area (Å²) < 4.78 is 5.20. The molecule has 13 heavy (non-hydrogen) atoms. The zero-order valence-electron chi connectivity index (χ0n) is 7.41. The van der Waals surface area contributed by atoms with Crippen LogP contribution in [0.2, 0.25) is 0 Å². The van der Waals surface area contributed by atoms with Crippen LogP contribution in [0.4, 0.5) is 5.69 Å². The summed E-state index contributed by atoms with van der Waals surface area (Å²) in [5, 5.41) is 0. The van der Waals surface area contributed by atoms with Gasteiger partial charge >= 0.3 is 0 Å². The lowest BCUT2D eigenvalue weighted by atomic mass is 10.1. The van der Waals surface area contributed by atoms with Gasteiger partial charge in [-0.2, -0.15) is 0 Å². The van der Waals surface area contributed by atoms with Crippen LogP contribution in [0, 0.1) is 0 Å². The highest BCUT2D eigenvalue weighted by atomic mass is 16.5. The number of rotatable bonds is 3. The molecule has 0 aliphatic rings. The molecule has 1 rings (SSSR count). The van der Waals surface area contributed by atoms with E-state index in [4.69, 9.17) is 16.2 Å². The van der Waals surface area contributed by atoms with Crippen LogP contribution >= 0.6 is 0 Å². The van der Waals surface area contributed by atoms with Gasteiger partial charge in [-0.1, -0.05) is 6.07 Å². The van der Waals surface area contributed by atoms with E-state index in [0.29, 0.717) is 23.6 Å². The van der Waals surface area contributed by atoms with Gasteiger partial charge in [0.2, 0.25) is 0 Å². The second-order valence-electron chi connectivity index (χ2n) is 2.52. The summed E-state index contributed by atoms with van der Waals surface area (Å²) in [5.41, 5.74) is 11.5. The van der Waals surface area contributed by atoms with Crippen molar-refractivity contribution in [1.82, 2.24) is 0 Å². The molecule has 0 fully saturated rings. The molecular formula is C9H12N2O2. The third-order valence-corrected chi connectivity index (χ3v) is 1.60. The molecule has 70 valence electrons. The maximum atomic E-state index is 10.9.